The fourth-order valence-electron chi connectivity index (χ4n) is 4.72. The van der Waals surface area contributed by atoms with Crippen LogP contribution in [-0.4, -0.2) is 49.0 Å². The number of aromatic nitrogens is 6. The summed E-state index contributed by atoms with van der Waals surface area (Å²) in [5, 5.41) is 16.1. The molecule has 188 valence electrons. The lowest BCUT2D eigenvalue weighted by Gasteiger charge is -2.31. The van der Waals surface area contributed by atoms with Gasteiger partial charge in [-0.15, -0.1) is 5.10 Å². The molecule has 0 bridgehead atoms. The largest absolute Gasteiger partial charge is 0.338 e. The fraction of sp³-hybridized carbons (Fsp3) is 0.360. The smallest absolute Gasteiger partial charge is 0.265 e. The van der Waals surface area contributed by atoms with Crippen LogP contribution in [0.4, 0.5) is 10.3 Å². The maximum Gasteiger partial charge on any atom is 0.265 e. The average molecular weight is 547 g/mol. The SMILES string of the molecule is C=C1C=CC(F)=CCC(C)(c2ccc(Cl)c(Cl)c2)c2cnc(SCC3CCN(c4nn[nH]n4)CC3)n21. The number of nitrogens with one attached hydrogen (secondary N) is 1. The number of imidazole rings is 1. The molecule has 2 aliphatic rings. The second-order valence-corrected chi connectivity index (χ2v) is 11.1. The number of hydrogen-bond acceptors (Lipinski definition) is 6. The van der Waals surface area contributed by atoms with Crippen LogP contribution in [-0.2, 0) is 5.41 Å². The lowest BCUT2D eigenvalue weighted by atomic mass is 9.76. The molecule has 0 spiro atoms. The van der Waals surface area contributed by atoms with Crippen molar-refractivity contribution in [3.8, 4) is 0 Å². The van der Waals surface area contributed by atoms with Crippen molar-refractivity contribution in [2.45, 2.75) is 36.8 Å². The quantitative estimate of drug-likeness (QED) is 0.379. The number of H-pyrrole nitrogens is 1. The van der Waals surface area contributed by atoms with Gasteiger partial charge in [-0.3, -0.25) is 4.57 Å². The maximum atomic E-state index is 14.6. The number of thioether (sulfide) groups is 1. The third-order valence-electron chi connectivity index (χ3n) is 6.96. The maximum absolute atomic E-state index is 14.6. The van der Waals surface area contributed by atoms with Gasteiger partial charge in [-0.1, -0.05) is 52.7 Å². The number of tetrazole rings is 1. The molecule has 0 radical (unpaired) electrons. The number of allylic oxidation sites excluding steroid dienone is 5. The molecule has 2 aromatic heterocycles. The van der Waals surface area contributed by atoms with Gasteiger partial charge in [-0.2, -0.15) is 5.21 Å². The fourth-order valence-corrected chi connectivity index (χ4v) is 6.20. The number of benzene rings is 1. The number of piperidine rings is 1. The first-order valence-corrected chi connectivity index (χ1v) is 13.5. The molecule has 5 rings (SSSR count). The van der Waals surface area contributed by atoms with E-state index in [1.54, 1.807) is 30.0 Å². The molecule has 1 N–H and O–H groups in total. The van der Waals surface area contributed by atoms with E-state index in [0.29, 0.717) is 34.0 Å². The molecule has 36 heavy (non-hydrogen) atoms. The van der Waals surface area contributed by atoms with Gasteiger partial charge in [-0.25, -0.2) is 9.37 Å². The highest BCUT2D eigenvalue weighted by Gasteiger charge is 2.34. The summed E-state index contributed by atoms with van der Waals surface area (Å²) in [4.78, 5) is 6.95. The Kier molecular flexibility index (Phi) is 7.23. The molecule has 1 aromatic carbocycles. The van der Waals surface area contributed by atoms with Crippen LogP contribution in [0.1, 0.15) is 37.4 Å². The van der Waals surface area contributed by atoms with E-state index in [2.05, 4.69) is 39.0 Å². The van der Waals surface area contributed by atoms with Gasteiger partial charge in [0.25, 0.3) is 5.95 Å². The first-order valence-electron chi connectivity index (χ1n) is 11.7. The predicted octanol–water partition coefficient (Wildman–Crippen LogP) is 6.30. The first kappa shape index (κ1) is 25.0. The van der Waals surface area contributed by atoms with E-state index in [0.717, 1.165) is 48.1 Å². The number of rotatable bonds is 5. The Labute approximate surface area is 223 Å². The number of fused-ring (bicyclic) bond motifs is 1. The Morgan fingerprint density at radius 1 is 1.22 bits per heavy atom. The summed E-state index contributed by atoms with van der Waals surface area (Å²) >= 11 is 14.3. The first-order chi connectivity index (χ1) is 17.3. The number of halogens is 3. The Morgan fingerprint density at radius 3 is 2.75 bits per heavy atom. The summed E-state index contributed by atoms with van der Waals surface area (Å²) in [6.07, 6.45) is 9.12. The molecule has 3 aromatic rings. The van der Waals surface area contributed by atoms with Gasteiger partial charge in [-0.05, 0) is 73.2 Å². The van der Waals surface area contributed by atoms with Gasteiger partial charge in [0.2, 0.25) is 0 Å². The van der Waals surface area contributed by atoms with Crippen LogP contribution in [0.3, 0.4) is 0 Å². The van der Waals surface area contributed by atoms with Crippen LogP contribution < -0.4 is 4.90 Å². The van der Waals surface area contributed by atoms with Crippen molar-refractivity contribution in [2.75, 3.05) is 23.7 Å². The lowest BCUT2D eigenvalue weighted by molar-refractivity contribution is 0.440. The van der Waals surface area contributed by atoms with Crippen molar-refractivity contribution in [3.05, 3.63) is 76.3 Å². The Bertz CT molecular complexity index is 1310. The standard InChI is InChI=1S/C25H26Cl2FN7S/c1-16-3-5-19(28)7-10-25(2,18-4-6-20(26)21(27)13-18)22-14-29-24(35(16)22)36-15-17-8-11-34(12-9-17)23-30-32-33-31-23/h3-7,13-14,17H,1,8-12,15H2,2H3,(H,30,31,32,33). The minimum Gasteiger partial charge on any atom is -0.338 e. The zero-order chi connectivity index (χ0) is 25.3. The molecule has 1 fully saturated rings. The Balaban J connectivity index is 1.41. The van der Waals surface area contributed by atoms with Crippen molar-refractivity contribution in [2.24, 2.45) is 5.92 Å². The van der Waals surface area contributed by atoms with Crippen molar-refractivity contribution in [1.29, 1.82) is 0 Å². The second kappa shape index (κ2) is 10.4. The molecule has 0 aliphatic carbocycles. The van der Waals surface area contributed by atoms with E-state index in [-0.39, 0.29) is 5.83 Å². The zero-order valence-electron chi connectivity index (χ0n) is 19.8. The Hall–Kier alpha value is -2.62. The molecule has 4 heterocycles. The highest BCUT2D eigenvalue weighted by atomic mass is 35.5. The second-order valence-electron chi connectivity index (χ2n) is 9.29. The van der Waals surface area contributed by atoms with Gasteiger partial charge in [0, 0.05) is 30.0 Å². The highest BCUT2D eigenvalue weighted by Crippen LogP contribution is 2.42. The molecular weight excluding hydrogens is 520 g/mol. The minimum absolute atomic E-state index is 0.302. The third-order valence-corrected chi connectivity index (χ3v) is 8.88. The van der Waals surface area contributed by atoms with Crippen LogP contribution in [0.2, 0.25) is 10.0 Å². The normalized spacial score (nSPS) is 21.1. The summed E-state index contributed by atoms with van der Waals surface area (Å²) in [7, 11) is 0. The van der Waals surface area contributed by atoms with E-state index in [4.69, 9.17) is 28.2 Å². The Morgan fingerprint density at radius 2 is 2.03 bits per heavy atom. The van der Waals surface area contributed by atoms with Crippen LogP contribution >= 0.6 is 35.0 Å². The molecule has 0 saturated carbocycles. The third kappa shape index (κ3) is 4.96. The lowest BCUT2D eigenvalue weighted by Crippen LogP contribution is -2.35. The van der Waals surface area contributed by atoms with Crippen LogP contribution in [0, 0.1) is 5.92 Å². The number of hydrogen-bond donors (Lipinski definition) is 1. The van der Waals surface area contributed by atoms with Gasteiger partial charge >= 0.3 is 0 Å². The number of aromatic amines is 1. The van der Waals surface area contributed by atoms with Crippen LogP contribution in [0.5, 0.6) is 0 Å². The molecule has 7 nitrogen and oxygen atoms in total. The van der Waals surface area contributed by atoms with Crippen molar-refractivity contribution in [3.63, 3.8) is 0 Å². The van der Waals surface area contributed by atoms with E-state index >= 15 is 0 Å². The zero-order valence-corrected chi connectivity index (χ0v) is 22.1. The molecular formula is C25H26Cl2FN7S. The predicted molar refractivity (Wildman–Crippen MR) is 143 cm³/mol. The van der Waals surface area contributed by atoms with E-state index < -0.39 is 5.41 Å². The van der Waals surface area contributed by atoms with Crippen molar-refractivity contribution in [1.82, 2.24) is 30.2 Å². The average Bonchev–Trinajstić information content (AvgIpc) is 3.57. The monoisotopic (exact) mass is 545 g/mol. The van der Waals surface area contributed by atoms with Crippen molar-refractivity contribution < 1.29 is 4.39 Å². The summed E-state index contributed by atoms with van der Waals surface area (Å²) in [5.74, 6) is 1.80. The number of nitrogens with zero attached hydrogens (tertiary/aromatic N) is 6. The molecule has 1 saturated heterocycles. The number of anilines is 1. The van der Waals surface area contributed by atoms with E-state index in [1.165, 1.54) is 6.08 Å². The molecule has 11 heteroatoms. The molecule has 0 amide bonds. The van der Waals surface area contributed by atoms with E-state index in [1.807, 2.05) is 22.9 Å². The summed E-state index contributed by atoms with van der Waals surface area (Å²) in [6.45, 7) is 8.09. The van der Waals surface area contributed by atoms with Gasteiger partial charge in [0.05, 0.1) is 21.9 Å². The topological polar surface area (TPSA) is 75.5 Å². The van der Waals surface area contributed by atoms with Crippen molar-refractivity contribution >= 4 is 46.6 Å². The van der Waals surface area contributed by atoms with Gasteiger partial charge < -0.3 is 4.90 Å². The molecule has 1 unspecified atom stereocenters. The summed E-state index contributed by atoms with van der Waals surface area (Å²) < 4.78 is 16.6. The summed E-state index contributed by atoms with van der Waals surface area (Å²) in [6, 6.07) is 5.57. The van der Waals surface area contributed by atoms with Crippen LogP contribution in [0.25, 0.3) is 5.70 Å². The minimum atomic E-state index is -0.595. The van der Waals surface area contributed by atoms with Crippen LogP contribution in [0.15, 0.2) is 60.2 Å². The van der Waals surface area contributed by atoms with E-state index in [9.17, 15) is 4.39 Å². The summed E-state index contributed by atoms with van der Waals surface area (Å²) in [5.41, 5.74) is 1.93. The molecule has 2 aliphatic heterocycles. The van der Waals surface area contributed by atoms with Gasteiger partial charge in [0.1, 0.15) is 5.83 Å². The van der Waals surface area contributed by atoms with Gasteiger partial charge in [0.15, 0.2) is 5.16 Å². The molecule has 1 atom stereocenters. The highest BCUT2D eigenvalue weighted by molar-refractivity contribution is 7.99.